The predicted octanol–water partition coefficient (Wildman–Crippen LogP) is 8.80. The molecule has 3 heterocycles. The number of carbonyl (C=O) groups is 3. The monoisotopic (exact) mass is 1010 g/mol. The average Bonchev–Trinajstić information content (AvgIpc) is 3.82. The molecule has 2 aromatic heterocycles. The number of ether oxygens (including phenoxy) is 6. The summed E-state index contributed by atoms with van der Waals surface area (Å²) in [6, 6.07) is 25.3. The van der Waals surface area contributed by atoms with E-state index in [2.05, 4.69) is 57.0 Å². The van der Waals surface area contributed by atoms with Gasteiger partial charge in [-0.3, -0.25) is 19.4 Å². The van der Waals surface area contributed by atoms with Crippen molar-refractivity contribution in [1.29, 1.82) is 0 Å². The van der Waals surface area contributed by atoms with Crippen LogP contribution < -0.4 is 20.1 Å². The lowest BCUT2D eigenvalue weighted by Gasteiger charge is -2.41. The summed E-state index contributed by atoms with van der Waals surface area (Å²) in [4.78, 5) is 53.3. The van der Waals surface area contributed by atoms with Crippen LogP contribution in [0.25, 0.3) is 22.3 Å². The van der Waals surface area contributed by atoms with E-state index in [1.165, 1.54) is 27.8 Å². The minimum atomic E-state index is -0.718. The van der Waals surface area contributed by atoms with E-state index < -0.39 is 12.1 Å². The Hall–Kier alpha value is -6.19. The molecule has 0 spiro atoms. The predicted molar refractivity (Wildman–Crippen MR) is 283 cm³/mol. The van der Waals surface area contributed by atoms with Crippen molar-refractivity contribution < 1.29 is 42.8 Å². The van der Waals surface area contributed by atoms with Gasteiger partial charge in [0, 0.05) is 54.7 Å². The highest BCUT2D eigenvalue weighted by Crippen LogP contribution is 2.39. The third-order valence-corrected chi connectivity index (χ3v) is 15.2. The van der Waals surface area contributed by atoms with Gasteiger partial charge in [-0.1, -0.05) is 81.6 Å². The number of nitrogens with one attached hydrogen (secondary N) is 2. The first-order valence-corrected chi connectivity index (χ1v) is 27.0. The van der Waals surface area contributed by atoms with E-state index in [1.807, 2.05) is 74.9 Å². The molecule has 0 unspecified atom stereocenters. The molecule has 14 nitrogen and oxygen atoms in total. The molecule has 1 aliphatic heterocycles. The lowest BCUT2D eigenvalue weighted by molar-refractivity contribution is -0.146. The fourth-order valence-corrected chi connectivity index (χ4v) is 10.8. The van der Waals surface area contributed by atoms with Crippen LogP contribution in [0.2, 0.25) is 0 Å². The lowest BCUT2D eigenvalue weighted by atomic mass is 9.82. The van der Waals surface area contributed by atoms with Gasteiger partial charge in [-0.2, -0.15) is 0 Å². The molecule has 1 saturated carbocycles. The number of hydrogen-bond acceptors (Lipinski definition) is 11. The highest BCUT2D eigenvalue weighted by Gasteiger charge is 2.42. The van der Waals surface area contributed by atoms with Gasteiger partial charge in [0.25, 0.3) is 0 Å². The third kappa shape index (κ3) is 13.6. The molecule has 3 aromatic carbocycles. The van der Waals surface area contributed by atoms with E-state index in [4.69, 9.17) is 28.4 Å². The second kappa shape index (κ2) is 26.3. The Morgan fingerprint density at radius 3 is 2.15 bits per heavy atom. The van der Waals surface area contributed by atoms with Crippen molar-refractivity contribution in [2.75, 3.05) is 66.1 Å². The average molecular weight is 1010 g/mol. The SMILES string of the molecule is CC[C@@H](C)C(=O)N[C@H](C(=O)N1Cc2cc(OCCOCCOCCOCCOCCOc3ccc(-c4ccc5c(c4)Cc4ccncc4-5)cn3)ccc2C[C@@H]1C(=O)N[C@H]1CCCc2ccccc21)C1CCCCC1. The van der Waals surface area contributed by atoms with Gasteiger partial charge in [-0.05, 0) is 120 Å². The highest BCUT2D eigenvalue weighted by molar-refractivity contribution is 5.93. The van der Waals surface area contributed by atoms with Crippen molar-refractivity contribution in [1.82, 2.24) is 25.5 Å². The molecule has 1 fully saturated rings. The van der Waals surface area contributed by atoms with Crippen molar-refractivity contribution in [2.24, 2.45) is 11.8 Å². The number of aromatic nitrogens is 2. The van der Waals surface area contributed by atoms with Crippen molar-refractivity contribution >= 4 is 17.7 Å². The van der Waals surface area contributed by atoms with Gasteiger partial charge in [0.15, 0.2) is 0 Å². The van der Waals surface area contributed by atoms with Crippen LogP contribution in [0, 0.1) is 11.8 Å². The number of hydrogen-bond donors (Lipinski definition) is 2. The van der Waals surface area contributed by atoms with Gasteiger partial charge in [-0.15, -0.1) is 0 Å². The van der Waals surface area contributed by atoms with Gasteiger partial charge in [0.2, 0.25) is 23.6 Å². The van der Waals surface area contributed by atoms with Gasteiger partial charge in [0.1, 0.15) is 31.0 Å². The van der Waals surface area contributed by atoms with Crippen LogP contribution in [0.3, 0.4) is 0 Å². The maximum Gasteiger partial charge on any atom is 0.246 e. The third-order valence-electron chi connectivity index (χ3n) is 15.2. The Bertz CT molecular complexity index is 2660. The Balaban J connectivity index is 0.665. The van der Waals surface area contributed by atoms with E-state index >= 15 is 0 Å². The van der Waals surface area contributed by atoms with E-state index in [1.54, 1.807) is 4.90 Å². The number of fused-ring (bicyclic) bond motifs is 5. The van der Waals surface area contributed by atoms with Crippen LogP contribution in [-0.4, -0.2) is 111 Å². The molecule has 0 saturated heterocycles. The topological polar surface area (TPSA) is 160 Å². The Morgan fingerprint density at radius 1 is 0.676 bits per heavy atom. The maximum absolute atomic E-state index is 14.9. The normalized spacial score (nSPS) is 17.8. The first-order valence-electron chi connectivity index (χ1n) is 27.0. The van der Waals surface area contributed by atoms with Crippen LogP contribution >= 0.6 is 0 Å². The van der Waals surface area contributed by atoms with Crippen LogP contribution in [0.4, 0.5) is 0 Å². The molecule has 4 aliphatic rings. The van der Waals surface area contributed by atoms with Gasteiger partial charge < -0.3 is 44.0 Å². The molecule has 3 amide bonds. The second-order valence-corrected chi connectivity index (χ2v) is 20.1. The molecule has 9 rings (SSSR count). The number of nitrogens with zero attached hydrogens (tertiary/aromatic N) is 3. The zero-order valence-corrected chi connectivity index (χ0v) is 43.2. The van der Waals surface area contributed by atoms with Crippen molar-refractivity contribution in [3.8, 4) is 33.9 Å². The molecule has 5 aromatic rings. The Morgan fingerprint density at radius 2 is 1.41 bits per heavy atom. The summed E-state index contributed by atoms with van der Waals surface area (Å²) in [6.45, 7) is 8.28. The number of amides is 3. The minimum Gasteiger partial charge on any atom is -0.491 e. The van der Waals surface area contributed by atoms with Crippen LogP contribution in [0.1, 0.15) is 105 Å². The summed E-state index contributed by atoms with van der Waals surface area (Å²) in [5.74, 6) is 0.566. The van der Waals surface area contributed by atoms with Crippen molar-refractivity contribution in [3.05, 3.63) is 131 Å². The molecular weight excluding hydrogens is 935 g/mol. The smallest absolute Gasteiger partial charge is 0.246 e. The van der Waals surface area contributed by atoms with E-state index in [9.17, 15) is 14.4 Å². The minimum absolute atomic E-state index is 0.0196. The zero-order valence-electron chi connectivity index (χ0n) is 43.2. The number of rotatable bonds is 25. The lowest BCUT2D eigenvalue weighted by Crippen LogP contribution is -2.60. The summed E-state index contributed by atoms with van der Waals surface area (Å²) < 4.78 is 34.7. The fourth-order valence-electron chi connectivity index (χ4n) is 10.8. The maximum atomic E-state index is 14.9. The quantitative estimate of drug-likeness (QED) is 0.0528. The summed E-state index contributed by atoms with van der Waals surface area (Å²) in [7, 11) is 0. The first kappa shape index (κ1) is 52.7. The van der Waals surface area contributed by atoms with Crippen molar-refractivity contribution in [2.45, 2.75) is 109 Å². The van der Waals surface area contributed by atoms with E-state index in [0.29, 0.717) is 90.5 Å². The zero-order chi connectivity index (χ0) is 51.1. The van der Waals surface area contributed by atoms with Crippen LogP contribution in [0.15, 0.2) is 97.5 Å². The number of aryl methyl sites for hydroxylation is 1. The van der Waals surface area contributed by atoms with E-state index in [0.717, 1.165) is 85.6 Å². The van der Waals surface area contributed by atoms with Crippen molar-refractivity contribution in [3.63, 3.8) is 0 Å². The Kier molecular flexibility index (Phi) is 18.7. The molecule has 3 aliphatic carbocycles. The molecule has 4 atom stereocenters. The van der Waals surface area contributed by atoms with Crippen LogP contribution in [0.5, 0.6) is 11.6 Å². The van der Waals surface area contributed by atoms with Crippen LogP contribution in [-0.2, 0) is 59.1 Å². The molecule has 0 radical (unpaired) electrons. The molecule has 2 N–H and O–H groups in total. The summed E-state index contributed by atoms with van der Waals surface area (Å²) in [5.41, 5.74) is 11.6. The molecule has 74 heavy (non-hydrogen) atoms. The number of carbonyl (C=O) groups excluding carboxylic acids is 3. The molecular formula is C60H73N5O9. The molecule has 0 bridgehead atoms. The van der Waals surface area contributed by atoms with Gasteiger partial charge in [0.05, 0.1) is 58.9 Å². The molecule has 392 valence electrons. The standard InChI is InChI=1S/C60H73N5O9/c1-3-41(2)58(66)64-57(43-11-5-4-6-12-43)60(68)65-40-49-36-50(19-16-45(49)37-55(65)59(67)63-54-15-9-13-42-10-7-8-14-52(42)54)73-32-30-71-28-26-69-24-25-70-27-29-72-31-33-74-56-21-18-47(38-62-56)44-17-20-51-48(34-44)35-46-22-23-61-39-53(46)51/h7-8,10,14,16-23,34,36,38-39,41,43,54-55,57H,3-6,9,11-13,15,24-33,35,37,40H2,1-2H3,(H,63,67)(H,64,66)/t41-,54+,55-,57+/m1/s1. The molecule has 14 heteroatoms. The second-order valence-electron chi connectivity index (χ2n) is 20.1. The largest absolute Gasteiger partial charge is 0.491 e. The van der Waals surface area contributed by atoms with E-state index in [-0.39, 0.29) is 42.1 Å². The summed E-state index contributed by atoms with van der Waals surface area (Å²) >= 11 is 0. The Labute approximate surface area is 436 Å². The van der Waals surface area contributed by atoms with Gasteiger partial charge >= 0.3 is 0 Å². The summed E-state index contributed by atoms with van der Waals surface area (Å²) in [6.07, 6.45) is 15.3. The summed E-state index contributed by atoms with van der Waals surface area (Å²) in [5, 5.41) is 6.54. The van der Waals surface area contributed by atoms with Gasteiger partial charge in [-0.25, -0.2) is 4.98 Å². The first-order chi connectivity index (χ1) is 36.3. The number of benzene rings is 3. The fraction of sp³-hybridized carbons (Fsp3) is 0.483. The number of pyridine rings is 2. The highest BCUT2D eigenvalue weighted by atomic mass is 16.6.